The zero-order valence-electron chi connectivity index (χ0n) is 5.14. The van der Waals surface area contributed by atoms with Crippen molar-refractivity contribution in [1.82, 2.24) is 9.97 Å². The highest BCUT2D eigenvalue weighted by Crippen LogP contribution is 2.06. The second-order valence-electron chi connectivity index (χ2n) is 1.41. The number of aromatic nitrogens is 2. The van der Waals surface area contributed by atoms with Crippen LogP contribution in [0.25, 0.3) is 0 Å². The van der Waals surface area contributed by atoms with Crippen LogP contribution in [0.4, 0.5) is 17.3 Å². The highest BCUT2D eigenvalue weighted by atomic mass is 32.1. The van der Waals surface area contributed by atoms with E-state index >= 15 is 0 Å². The van der Waals surface area contributed by atoms with Crippen molar-refractivity contribution in [1.29, 1.82) is 0 Å². The van der Waals surface area contributed by atoms with Crippen LogP contribution in [0.2, 0.25) is 0 Å². The van der Waals surface area contributed by atoms with E-state index in [-0.39, 0.29) is 0 Å². The Morgan fingerprint density at radius 2 is 1.82 bits per heavy atom. The summed E-state index contributed by atoms with van der Waals surface area (Å²) in [5.74, 6) is 0. The Bertz CT molecular complexity index is 180. The van der Waals surface area contributed by atoms with Gasteiger partial charge in [-0.15, -0.1) is 12.6 Å². The third kappa shape index (κ3) is 12.5. The molecule has 1 N–H and O–H groups in total. The molecule has 64 valence electrons. The summed E-state index contributed by atoms with van der Waals surface area (Å²) in [7, 11) is -6.00. The number of nitrogens with zero attached hydrogens (tertiary/aromatic N) is 1. The lowest BCUT2D eigenvalue weighted by Crippen LogP contribution is -2.02. The van der Waals surface area contributed by atoms with E-state index in [4.69, 9.17) is 0 Å². The summed E-state index contributed by atoms with van der Waals surface area (Å²) in [6, 6.07) is 0. The Labute approximate surface area is 65.5 Å². The van der Waals surface area contributed by atoms with Gasteiger partial charge in [-0.2, -0.15) is 0 Å². The molecule has 0 amide bonds. The predicted molar refractivity (Wildman–Crippen MR) is 36.0 cm³/mol. The summed E-state index contributed by atoms with van der Waals surface area (Å²) in [5.41, 5.74) is 0. The van der Waals surface area contributed by atoms with Crippen molar-refractivity contribution in [3.63, 3.8) is 0 Å². The largest absolute Gasteiger partial charge is 0.673 e. The minimum Gasteiger partial charge on any atom is -0.418 e. The van der Waals surface area contributed by atoms with Gasteiger partial charge in [0.2, 0.25) is 0 Å². The summed E-state index contributed by atoms with van der Waals surface area (Å²) in [4.78, 5) is 6.48. The lowest BCUT2D eigenvalue weighted by Gasteiger charge is -1.94. The maximum atomic E-state index is 9.75. The number of halogens is 4. The molecule has 0 unspecified atom stereocenters. The molecule has 0 aliphatic carbocycles. The molecule has 1 rings (SSSR count). The number of H-pyrrole nitrogens is 1. The Kier molecular flexibility index (Phi) is 4.02. The molecular formula is C3H4BF4N2S-. The molecule has 0 bridgehead atoms. The summed E-state index contributed by atoms with van der Waals surface area (Å²) < 4.78 is 39.0. The molecule has 8 heteroatoms. The molecule has 0 fully saturated rings. The number of hydrogen-bond donors (Lipinski definition) is 2. The van der Waals surface area contributed by atoms with Gasteiger partial charge in [0, 0.05) is 12.4 Å². The first kappa shape index (κ1) is 10.3. The van der Waals surface area contributed by atoms with Gasteiger partial charge in [0.25, 0.3) is 0 Å². The van der Waals surface area contributed by atoms with Crippen LogP contribution in [0.15, 0.2) is 17.6 Å². The van der Waals surface area contributed by atoms with Gasteiger partial charge in [-0.25, -0.2) is 4.98 Å². The average Bonchev–Trinajstić information content (AvgIpc) is 2.12. The van der Waals surface area contributed by atoms with Crippen LogP contribution < -0.4 is 0 Å². The molecule has 1 aromatic rings. The number of hydrogen-bond acceptors (Lipinski definition) is 2. The van der Waals surface area contributed by atoms with Gasteiger partial charge in [0.05, 0.1) is 0 Å². The third-order valence-corrected chi connectivity index (χ3v) is 0.728. The number of nitrogens with one attached hydrogen (secondary N) is 1. The smallest absolute Gasteiger partial charge is 0.418 e. The minimum absolute atomic E-state index is 0.662. The van der Waals surface area contributed by atoms with Gasteiger partial charge in [0.15, 0.2) is 5.16 Å². The maximum Gasteiger partial charge on any atom is 0.673 e. The minimum atomic E-state index is -6.00. The van der Waals surface area contributed by atoms with E-state index in [2.05, 4.69) is 22.6 Å². The summed E-state index contributed by atoms with van der Waals surface area (Å²) in [6.07, 6.45) is 3.38. The van der Waals surface area contributed by atoms with Crippen molar-refractivity contribution in [2.45, 2.75) is 5.16 Å². The second-order valence-corrected chi connectivity index (χ2v) is 1.83. The van der Waals surface area contributed by atoms with E-state index in [1.165, 1.54) is 0 Å². The number of thiol groups is 1. The van der Waals surface area contributed by atoms with Gasteiger partial charge in [0.1, 0.15) is 0 Å². The van der Waals surface area contributed by atoms with Crippen LogP contribution in [0, 0.1) is 0 Å². The van der Waals surface area contributed by atoms with E-state index in [1.807, 2.05) is 0 Å². The lowest BCUT2D eigenvalue weighted by atomic mass is 10.3. The molecule has 0 aliphatic heterocycles. The number of aromatic amines is 1. The fourth-order valence-electron chi connectivity index (χ4n) is 0.257. The van der Waals surface area contributed by atoms with Gasteiger partial charge in [-0.1, -0.05) is 0 Å². The molecule has 0 atom stereocenters. The highest BCUT2D eigenvalue weighted by molar-refractivity contribution is 7.80. The van der Waals surface area contributed by atoms with E-state index in [1.54, 1.807) is 12.4 Å². The summed E-state index contributed by atoms with van der Waals surface area (Å²) in [5, 5.41) is 0.662. The van der Waals surface area contributed by atoms with E-state index in [9.17, 15) is 17.3 Å². The second kappa shape index (κ2) is 4.27. The van der Waals surface area contributed by atoms with Crippen LogP contribution in [0.5, 0.6) is 0 Å². The van der Waals surface area contributed by atoms with Gasteiger partial charge >= 0.3 is 7.25 Å². The number of imidazole rings is 1. The van der Waals surface area contributed by atoms with Crippen LogP contribution in [-0.2, 0) is 0 Å². The molecule has 11 heavy (non-hydrogen) atoms. The summed E-state index contributed by atoms with van der Waals surface area (Å²) >= 11 is 3.87. The van der Waals surface area contributed by atoms with E-state index in [0.29, 0.717) is 5.16 Å². The third-order valence-electron chi connectivity index (χ3n) is 0.484. The Morgan fingerprint density at radius 1 is 1.36 bits per heavy atom. The van der Waals surface area contributed by atoms with Crippen molar-refractivity contribution in [2.24, 2.45) is 0 Å². The van der Waals surface area contributed by atoms with Crippen molar-refractivity contribution in [2.75, 3.05) is 0 Å². The molecule has 0 saturated carbocycles. The first-order valence-corrected chi connectivity index (χ1v) is 2.90. The first-order valence-electron chi connectivity index (χ1n) is 2.45. The van der Waals surface area contributed by atoms with Crippen molar-refractivity contribution in [3.8, 4) is 0 Å². The van der Waals surface area contributed by atoms with Gasteiger partial charge in [-0.3, -0.25) is 0 Å². The fourth-order valence-corrected chi connectivity index (χ4v) is 0.398. The van der Waals surface area contributed by atoms with Crippen LogP contribution >= 0.6 is 12.6 Å². The monoisotopic (exact) mass is 187 g/mol. The molecule has 2 nitrogen and oxygen atoms in total. The van der Waals surface area contributed by atoms with Crippen molar-refractivity contribution in [3.05, 3.63) is 12.4 Å². The molecular weight excluding hydrogens is 183 g/mol. The van der Waals surface area contributed by atoms with Gasteiger partial charge in [-0.05, 0) is 0 Å². The maximum absolute atomic E-state index is 9.75. The normalized spacial score (nSPS) is 10.3. The SMILES string of the molecule is F[B-](F)(F)F.Sc1ncc[nH]1. The molecule has 0 spiro atoms. The fraction of sp³-hybridized carbons (Fsp3) is 0. The first-order chi connectivity index (χ1) is 4.89. The Hall–Kier alpha value is -0.655. The molecule has 1 aromatic heterocycles. The average molecular weight is 187 g/mol. The zero-order valence-corrected chi connectivity index (χ0v) is 6.03. The molecule has 0 aromatic carbocycles. The topological polar surface area (TPSA) is 28.7 Å². The van der Waals surface area contributed by atoms with Gasteiger partial charge < -0.3 is 22.2 Å². The molecule has 1 heterocycles. The lowest BCUT2D eigenvalue weighted by molar-refractivity contribution is 0.368. The zero-order chi connectivity index (χ0) is 8.91. The number of rotatable bonds is 0. The van der Waals surface area contributed by atoms with Crippen molar-refractivity contribution < 1.29 is 17.3 Å². The standard InChI is InChI=1S/C3H4N2S.BF4/c6-3-4-1-2-5-3;2-1(3,4)5/h1-2H,(H2,4,5,6);/q;-1. The van der Waals surface area contributed by atoms with E-state index in [0.717, 1.165) is 0 Å². The van der Waals surface area contributed by atoms with Crippen LogP contribution in [-0.4, -0.2) is 17.2 Å². The van der Waals surface area contributed by atoms with Crippen molar-refractivity contribution >= 4 is 19.9 Å². The molecule has 0 saturated heterocycles. The Balaban J connectivity index is 0.000000187. The van der Waals surface area contributed by atoms with E-state index < -0.39 is 7.25 Å². The predicted octanol–water partition coefficient (Wildman–Crippen LogP) is 2.00. The quantitative estimate of drug-likeness (QED) is 0.363. The Morgan fingerprint density at radius 3 is 1.91 bits per heavy atom. The highest BCUT2D eigenvalue weighted by Gasteiger charge is 2.20. The van der Waals surface area contributed by atoms with Crippen LogP contribution in [0.1, 0.15) is 0 Å². The van der Waals surface area contributed by atoms with Crippen LogP contribution in [0.3, 0.4) is 0 Å². The molecule has 0 aliphatic rings. The molecule has 0 radical (unpaired) electrons. The summed E-state index contributed by atoms with van der Waals surface area (Å²) in [6.45, 7) is 0.